The number of hydrogen-bond acceptors (Lipinski definition) is 1. The normalized spacial score (nSPS) is 8.33. The van der Waals surface area contributed by atoms with E-state index in [0.29, 0.717) is 0 Å². The van der Waals surface area contributed by atoms with Crippen molar-refractivity contribution in [2.45, 2.75) is 13.3 Å². The summed E-state index contributed by atoms with van der Waals surface area (Å²) in [6, 6.07) is 0. The van der Waals surface area contributed by atoms with E-state index in [1.54, 1.807) is 0 Å². The molecule has 36 valence electrons. The molecule has 0 aliphatic heterocycles. The fraction of sp³-hybridized carbons (Fsp3) is 1.00. The molecule has 0 aromatic heterocycles. The van der Waals surface area contributed by atoms with Crippen molar-refractivity contribution >= 4 is 32.5 Å². The van der Waals surface area contributed by atoms with E-state index in [9.17, 15) is 0 Å². The first-order chi connectivity index (χ1) is 2.91. The van der Waals surface area contributed by atoms with Crippen LogP contribution in [0.4, 0.5) is 0 Å². The van der Waals surface area contributed by atoms with Crippen LogP contribution in [-0.4, -0.2) is 18.9 Å². The minimum atomic E-state index is -0.127. The lowest BCUT2D eigenvalue weighted by Gasteiger charge is -1.90. The van der Waals surface area contributed by atoms with Gasteiger partial charge in [0.1, 0.15) is 0 Å². The number of hydrogen-bond donors (Lipinski definition) is 0. The number of rotatable bonds is 3. The first kappa shape index (κ1) is 7.22. The minimum Gasteiger partial charge on any atom is -0.496 e. The lowest BCUT2D eigenvalue weighted by Crippen LogP contribution is -1.89. The van der Waals surface area contributed by atoms with Gasteiger partial charge < -0.3 is 3.79 Å². The molecular formula is C3H8AlIO. The van der Waals surface area contributed by atoms with Crippen molar-refractivity contribution in [2.24, 2.45) is 0 Å². The average molecular weight is 214 g/mol. The van der Waals surface area contributed by atoms with Gasteiger partial charge in [-0.15, -0.1) is 0 Å². The fourth-order valence-electron chi connectivity index (χ4n) is 0.199. The molecule has 0 heterocycles. The average Bonchev–Trinajstić information content (AvgIpc) is 1.61. The van der Waals surface area contributed by atoms with Gasteiger partial charge >= 0.3 is 12.3 Å². The van der Waals surface area contributed by atoms with E-state index < -0.39 is 0 Å². The predicted octanol–water partition coefficient (Wildman–Crippen LogP) is 1.11. The molecule has 0 aliphatic carbocycles. The second-order valence-electron chi connectivity index (χ2n) is 1.02. The largest absolute Gasteiger partial charge is 0.526 e. The van der Waals surface area contributed by atoms with Crippen LogP contribution < -0.4 is 0 Å². The van der Waals surface area contributed by atoms with Gasteiger partial charge in [0.2, 0.25) is 0 Å². The molecule has 0 aromatic carbocycles. The Labute approximate surface area is 56.2 Å². The Morgan fingerprint density at radius 3 is 2.67 bits per heavy atom. The molecule has 0 rings (SSSR count). The van der Waals surface area contributed by atoms with Crippen LogP contribution in [0.1, 0.15) is 13.3 Å². The zero-order valence-corrected chi connectivity index (χ0v) is 7.48. The molecule has 0 saturated carbocycles. The highest BCUT2D eigenvalue weighted by molar-refractivity contribution is 14.1. The maximum Gasteiger partial charge on any atom is 0.526 e. The molecule has 0 N–H and O–H groups in total. The van der Waals surface area contributed by atoms with Gasteiger partial charge in [-0.2, -0.15) is 20.3 Å². The lowest BCUT2D eigenvalue weighted by molar-refractivity contribution is 0.347. The molecule has 6 heavy (non-hydrogen) atoms. The van der Waals surface area contributed by atoms with Gasteiger partial charge in [-0.25, -0.2) is 0 Å². The molecule has 3 heteroatoms. The first-order valence-electron chi connectivity index (χ1n) is 2.05. The molecular weight excluding hydrogens is 206 g/mol. The third-order valence-corrected chi connectivity index (χ3v) is 2.19. The van der Waals surface area contributed by atoms with E-state index in [1.165, 1.54) is 0 Å². The molecule has 0 atom stereocenters. The monoisotopic (exact) mass is 214 g/mol. The van der Waals surface area contributed by atoms with E-state index in [1.807, 2.05) is 0 Å². The molecule has 0 aromatic rings. The third kappa shape index (κ3) is 5.22. The van der Waals surface area contributed by atoms with Crippen molar-refractivity contribution in [1.82, 2.24) is 0 Å². The second-order valence-corrected chi connectivity index (χ2v) is 3.51. The highest BCUT2D eigenvalue weighted by atomic mass is 127. The zero-order chi connectivity index (χ0) is 4.83. The van der Waals surface area contributed by atoms with Crippen molar-refractivity contribution in [3.05, 3.63) is 0 Å². The molecule has 0 unspecified atom stereocenters. The van der Waals surface area contributed by atoms with Gasteiger partial charge in [-0.05, 0) is 6.42 Å². The maximum absolute atomic E-state index is 5.11. The van der Waals surface area contributed by atoms with Gasteiger partial charge in [0.15, 0.2) is 0 Å². The summed E-state index contributed by atoms with van der Waals surface area (Å²) in [5, 5.41) is 0. The number of halogens is 1. The van der Waals surface area contributed by atoms with Gasteiger partial charge in [-0.3, -0.25) is 0 Å². The second kappa shape index (κ2) is 6.22. The zero-order valence-electron chi connectivity index (χ0n) is 3.91. The van der Waals surface area contributed by atoms with Crippen LogP contribution in [0.25, 0.3) is 0 Å². The van der Waals surface area contributed by atoms with Crippen LogP contribution in [0, 0.1) is 0 Å². The van der Waals surface area contributed by atoms with Crippen molar-refractivity contribution < 1.29 is 3.79 Å². The third-order valence-electron chi connectivity index (χ3n) is 0.426. The van der Waals surface area contributed by atoms with Crippen molar-refractivity contribution in [1.29, 1.82) is 0 Å². The Bertz CT molecular complexity index is 22.8. The molecule has 0 saturated heterocycles. The molecule has 1 nitrogen and oxygen atoms in total. The van der Waals surface area contributed by atoms with Gasteiger partial charge in [-0.1, -0.05) is 6.92 Å². The van der Waals surface area contributed by atoms with E-state index >= 15 is 0 Å². The summed E-state index contributed by atoms with van der Waals surface area (Å²) in [6.07, 6.45) is 1.16. The molecule has 0 aliphatic rings. The van der Waals surface area contributed by atoms with E-state index in [4.69, 9.17) is 3.79 Å². The highest BCUT2D eigenvalue weighted by Crippen LogP contribution is 1.80. The van der Waals surface area contributed by atoms with Gasteiger partial charge in [0.25, 0.3) is 0 Å². The molecule has 0 amide bonds. The van der Waals surface area contributed by atoms with Gasteiger partial charge in [0.05, 0.1) is 0 Å². The summed E-state index contributed by atoms with van der Waals surface area (Å²) in [4.78, 5) is 0. The lowest BCUT2D eigenvalue weighted by atomic mass is 10.5. The molecule has 0 fully saturated rings. The summed E-state index contributed by atoms with van der Waals surface area (Å²) >= 11 is 2.20. The maximum atomic E-state index is 5.11. The van der Waals surface area contributed by atoms with Crippen LogP contribution in [0.5, 0.6) is 0 Å². The van der Waals surface area contributed by atoms with Crippen LogP contribution in [-0.2, 0) is 3.79 Å². The molecule has 0 radical (unpaired) electrons. The van der Waals surface area contributed by atoms with Crippen molar-refractivity contribution in [2.75, 3.05) is 6.61 Å². The minimum absolute atomic E-state index is 0.127. The Balaban J connectivity index is 2.34. The summed E-state index contributed by atoms with van der Waals surface area (Å²) in [5.41, 5.74) is 0. The van der Waals surface area contributed by atoms with E-state index in [-0.39, 0.29) is 12.3 Å². The summed E-state index contributed by atoms with van der Waals surface area (Å²) < 4.78 is 5.11. The van der Waals surface area contributed by atoms with Crippen LogP contribution in [0.3, 0.4) is 0 Å². The summed E-state index contributed by atoms with van der Waals surface area (Å²) in [5.74, 6) is 0. The van der Waals surface area contributed by atoms with Gasteiger partial charge in [0, 0.05) is 6.61 Å². The first-order valence-corrected chi connectivity index (χ1v) is 7.74. The smallest absolute Gasteiger partial charge is 0.496 e. The van der Waals surface area contributed by atoms with Crippen molar-refractivity contribution in [3.63, 3.8) is 0 Å². The Morgan fingerprint density at radius 1 is 1.83 bits per heavy atom. The Kier molecular flexibility index (Phi) is 7.49. The summed E-state index contributed by atoms with van der Waals surface area (Å²) in [7, 11) is 0. The summed E-state index contributed by atoms with van der Waals surface area (Å²) in [6.45, 7) is 3.09. The molecule has 0 bridgehead atoms. The highest BCUT2D eigenvalue weighted by Gasteiger charge is 1.80. The topological polar surface area (TPSA) is 9.23 Å². The Hall–Kier alpha value is 1.22. The van der Waals surface area contributed by atoms with Crippen LogP contribution in [0.2, 0.25) is 0 Å². The quantitative estimate of drug-likeness (QED) is 0.388. The van der Waals surface area contributed by atoms with Crippen molar-refractivity contribution in [3.8, 4) is 0 Å². The van der Waals surface area contributed by atoms with E-state index in [0.717, 1.165) is 13.0 Å². The Morgan fingerprint density at radius 2 is 2.50 bits per heavy atom. The standard InChI is InChI=1S/C3H7O.Al.HI.H/c1-2-3-4;;;/h2-3H2,1H3;;1H;/q-1;+2;;/p-1. The predicted molar refractivity (Wildman–Crippen MR) is 37.4 cm³/mol. The van der Waals surface area contributed by atoms with Crippen LogP contribution >= 0.6 is 20.3 Å². The fourth-order valence-corrected chi connectivity index (χ4v) is 1.53. The van der Waals surface area contributed by atoms with E-state index in [2.05, 4.69) is 27.2 Å². The van der Waals surface area contributed by atoms with Crippen LogP contribution in [0.15, 0.2) is 0 Å². The molecule has 0 spiro atoms. The SMILES string of the molecule is CCC[O][AlH][I].